The summed E-state index contributed by atoms with van der Waals surface area (Å²) in [6.45, 7) is 4.85. The van der Waals surface area contributed by atoms with Crippen LogP contribution in [0.15, 0.2) is 6.07 Å². The molecule has 104 valence electrons. The third-order valence-corrected chi connectivity index (χ3v) is 3.10. The molecule has 0 aliphatic carbocycles. The van der Waals surface area contributed by atoms with Crippen molar-refractivity contribution in [1.82, 2.24) is 14.9 Å². The fourth-order valence-corrected chi connectivity index (χ4v) is 2.11. The van der Waals surface area contributed by atoms with E-state index >= 15 is 0 Å². The summed E-state index contributed by atoms with van der Waals surface area (Å²) in [5, 5.41) is 0. The van der Waals surface area contributed by atoms with E-state index in [0.717, 1.165) is 18.9 Å². The zero-order chi connectivity index (χ0) is 13.8. The minimum absolute atomic E-state index is 0.113. The van der Waals surface area contributed by atoms with Crippen molar-refractivity contribution in [2.24, 2.45) is 0 Å². The van der Waals surface area contributed by atoms with E-state index in [2.05, 4.69) is 14.9 Å². The van der Waals surface area contributed by atoms with Crippen molar-refractivity contribution in [2.75, 3.05) is 43.9 Å². The van der Waals surface area contributed by atoms with Gasteiger partial charge in [-0.15, -0.1) is 0 Å². The first kappa shape index (κ1) is 13.5. The van der Waals surface area contributed by atoms with Crippen molar-refractivity contribution in [3.05, 3.63) is 11.9 Å². The fraction of sp³-hybridized carbons (Fsp3) is 0.583. The first-order valence-corrected chi connectivity index (χ1v) is 6.23. The van der Waals surface area contributed by atoms with Crippen LogP contribution in [-0.4, -0.2) is 54.1 Å². The van der Waals surface area contributed by atoms with Crippen LogP contribution in [0, 0.1) is 0 Å². The molecule has 0 radical (unpaired) electrons. The van der Waals surface area contributed by atoms with Gasteiger partial charge in [0.05, 0.1) is 0 Å². The average molecular weight is 265 g/mol. The summed E-state index contributed by atoms with van der Waals surface area (Å²) in [5.74, 6) is 1.92. The Morgan fingerprint density at radius 1 is 1.37 bits per heavy atom. The summed E-state index contributed by atoms with van der Waals surface area (Å²) in [4.78, 5) is 23.8. The number of carbonyl (C=O) groups is 1. The summed E-state index contributed by atoms with van der Waals surface area (Å²) < 4.78 is 5.02. The lowest BCUT2D eigenvalue weighted by Gasteiger charge is -2.35. The number of carbonyl (C=O) groups excluding carboxylic acids is 1. The maximum atomic E-state index is 11.3. The Morgan fingerprint density at radius 2 is 2.05 bits per heavy atom. The molecule has 1 saturated heterocycles. The van der Waals surface area contributed by atoms with Crippen molar-refractivity contribution in [3.63, 3.8) is 0 Å². The van der Waals surface area contributed by atoms with Gasteiger partial charge in [-0.3, -0.25) is 4.79 Å². The molecular weight excluding hydrogens is 246 g/mol. The Hall–Kier alpha value is -1.89. The van der Waals surface area contributed by atoms with Gasteiger partial charge in [0.1, 0.15) is 18.2 Å². The van der Waals surface area contributed by atoms with E-state index in [1.54, 1.807) is 20.1 Å². The first-order valence-electron chi connectivity index (χ1n) is 6.23. The van der Waals surface area contributed by atoms with Gasteiger partial charge in [-0.25, -0.2) is 9.97 Å². The SMILES string of the molecule is COCc1nc(N)cc(N2CCN(C(C)=O)CC2)n1. The number of hydrogen-bond acceptors (Lipinski definition) is 6. The molecule has 2 heterocycles. The monoisotopic (exact) mass is 265 g/mol. The van der Waals surface area contributed by atoms with Crippen LogP contribution in [0.25, 0.3) is 0 Å². The molecule has 2 rings (SSSR count). The molecule has 2 N–H and O–H groups in total. The minimum atomic E-state index is 0.113. The Morgan fingerprint density at radius 3 is 2.63 bits per heavy atom. The first-order chi connectivity index (χ1) is 9.10. The Kier molecular flexibility index (Phi) is 4.16. The number of nitrogens with two attached hydrogens (primary N) is 1. The van der Waals surface area contributed by atoms with Crippen LogP contribution >= 0.6 is 0 Å². The molecule has 0 aromatic carbocycles. The van der Waals surface area contributed by atoms with Gasteiger partial charge in [-0.05, 0) is 0 Å². The number of anilines is 2. The highest BCUT2D eigenvalue weighted by atomic mass is 16.5. The molecule has 0 unspecified atom stereocenters. The third kappa shape index (κ3) is 3.31. The van der Waals surface area contributed by atoms with Crippen LogP contribution < -0.4 is 10.6 Å². The molecule has 1 aliphatic rings. The molecular formula is C12H19N5O2. The molecule has 19 heavy (non-hydrogen) atoms. The molecule has 7 nitrogen and oxygen atoms in total. The Balaban J connectivity index is 2.08. The maximum Gasteiger partial charge on any atom is 0.219 e. The van der Waals surface area contributed by atoms with Crippen molar-refractivity contribution >= 4 is 17.5 Å². The number of rotatable bonds is 3. The van der Waals surface area contributed by atoms with E-state index in [1.165, 1.54) is 0 Å². The number of aromatic nitrogens is 2. The quantitative estimate of drug-likeness (QED) is 0.819. The van der Waals surface area contributed by atoms with Crippen LogP contribution in [0.3, 0.4) is 0 Å². The van der Waals surface area contributed by atoms with E-state index in [1.807, 2.05) is 4.90 Å². The molecule has 1 aliphatic heterocycles. The minimum Gasteiger partial charge on any atom is -0.384 e. The number of amides is 1. The summed E-state index contributed by atoms with van der Waals surface area (Å²) in [7, 11) is 1.60. The molecule has 1 aromatic rings. The smallest absolute Gasteiger partial charge is 0.219 e. The predicted molar refractivity (Wildman–Crippen MR) is 71.6 cm³/mol. The molecule has 7 heteroatoms. The topological polar surface area (TPSA) is 84.6 Å². The number of nitrogens with zero attached hydrogens (tertiary/aromatic N) is 4. The van der Waals surface area contributed by atoms with Crippen molar-refractivity contribution < 1.29 is 9.53 Å². The van der Waals surface area contributed by atoms with E-state index in [-0.39, 0.29) is 5.91 Å². The number of piperazine rings is 1. The zero-order valence-electron chi connectivity index (χ0n) is 11.3. The number of hydrogen-bond donors (Lipinski definition) is 1. The van der Waals surface area contributed by atoms with Gasteiger partial charge in [0.15, 0.2) is 5.82 Å². The molecule has 0 atom stereocenters. The molecule has 0 spiro atoms. The van der Waals surface area contributed by atoms with Crippen LogP contribution in [-0.2, 0) is 16.1 Å². The second-order valence-electron chi connectivity index (χ2n) is 4.49. The zero-order valence-corrected chi connectivity index (χ0v) is 11.3. The maximum absolute atomic E-state index is 11.3. The highest BCUT2D eigenvalue weighted by Gasteiger charge is 2.20. The van der Waals surface area contributed by atoms with Crippen LogP contribution in [0.5, 0.6) is 0 Å². The highest BCUT2D eigenvalue weighted by molar-refractivity contribution is 5.73. The van der Waals surface area contributed by atoms with Gasteiger partial charge in [0.2, 0.25) is 5.91 Å². The number of nitrogen functional groups attached to an aromatic ring is 1. The van der Waals surface area contributed by atoms with Crippen LogP contribution in [0.1, 0.15) is 12.7 Å². The molecule has 1 aromatic heterocycles. The van der Waals surface area contributed by atoms with E-state index in [9.17, 15) is 4.79 Å². The lowest BCUT2D eigenvalue weighted by Crippen LogP contribution is -2.48. The summed E-state index contributed by atoms with van der Waals surface area (Å²) in [5.41, 5.74) is 5.77. The van der Waals surface area contributed by atoms with Gasteiger partial charge in [0, 0.05) is 46.3 Å². The van der Waals surface area contributed by atoms with Crippen molar-refractivity contribution in [3.8, 4) is 0 Å². The molecule has 1 amide bonds. The normalized spacial score (nSPS) is 15.7. The van der Waals surface area contributed by atoms with E-state index in [0.29, 0.717) is 31.3 Å². The Bertz CT molecular complexity index is 457. The average Bonchev–Trinajstić information content (AvgIpc) is 2.38. The van der Waals surface area contributed by atoms with Crippen LogP contribution in [0.4, 0.5) is 11.6 Å². The predicted octanol–water partition coefficient (Wildman–Crippen LogP) is -0.126. The number of methoxy groups -OCH3 is 1. The van der Waals surface area contributed by atoms with Gasteiger partial charge in [-0.1, -0.05) is 0 Å². The van der Waals surface area contributed by atoms with E-state index < -0.39 is 0 Å². The second kappa shape index (κ2) is 5.83. The summed E-state index contributed by atoms with van der Waals surface area (Å²) in [6, 6.07) is 1.75. The number of ether oxygens (including phenoxy) is 1. The van der Waals surface area contributed by atoms with Crippen molar-refractivity contribution in [2.45, 2.75) is 13.5 Å². The third-order valence-electron chi connectivity index (χ3n) is 3.10. The van der Waals surface area contributed by atoms with Crippen molar-refractivity contribution in [1.29, 1.82) is 0 Å². The van der Waals surface area contributed by atoms with E-state index in [4.69, 9.17) is 10.5 Å². The van der Waals surface area contributed by atoms with Gasteiger partial charge in [0.25, 0.3) is 0 Å². The van der Waals surface area contributed by atoms with Crippen LogP contribution in [0.2, 0.25) is 0 Å². The fourth-order valence-electron chi connectivity index (χ4n) is 2.11. The lowest BCUT2D eigenvalue weighted by atomic mass is 10.3. The largest absolute Gasteiger partial charge is 0.384 e. The standard InChI is InChI=1S/C12H19N5O2/c1-9(18)16-3-5-17(6-4-16)12-7-10(13)14-11(15-12)8-19-2/h7H,3-6,8H2,1-2H3,(H2,13,14,15). The van der Waals surface area contributed by atoms with Gasteiger partial charge >= 0.3 is 0 Å². The molecule has 0 saturated carbocycles. The second-order valence-corrected chi connectivity index (χ2v) is 4.49. The summed E-state index contributed by atoms with van der Waals surface area (Å²) in [6.07, 6.45) is 0. The molecule has 1 fully saturated rings. The lowest BCUT2D eigenvalue weighted by molar-refractivity contribution is -0.129. The molecule has 0 bridgehead atoms. The van der Waals surface area contributed by atoms with Gasteiger partial charge in [-0.2, -0.15) is 0 Å². The summed E-state index contributed by atoms with van der Waals surface area (Å²) >= 11 is 0. The Labute approximate surface area is 112 Å². The van der Waals surface area contributed by atoms with Gasteiger partial charge < -0.3 is 20.3 Å². The highest BCUT2D eigenvalue weighted by Crippen LogP contribution is 2.16.